The maximum Gasteiger partial charge on any atom is 0.326 e. The summed E-state index contributed by atoms with van der Waals surface area (Å²) in [6.07, 6.45) is 1.20. The topological polar surface area (TPSA) is 75.6 Å². The Bertz CT molecular complexity index is 193. The van der Waals surface area contributed by atoms with Crippen molar-refractivity contribution >= 4 is 11.9 Å². The zero-order chi connectivity index (χ0) is 11.0. The van der Waals surface area contributed by atoms with Gasteiger partial charge in [0.15, 0.2) is 0 Å². The number of nitrogens with one attached hydrogen (secondary N) is 1. The van der Waals surface area contributed by atoms with Crippen molar-refractivity contribution < 1.29 is 19.4 Å². The zero-order valence-electron chi connectivity index (χ0n) is 8.58. The molecular weight excluding hydrogens is 186 g/mol. The van der Waals surface area contributed by atoms with Gasteiger partial charge in [0.1, 0.15) is 6.04 Å². The van der Waals surface area contributed by atoms with Crippen molar-refractivity contribution in [2.24, 2.45) is 0 Å². The molecule has 5 heteroatoms. The number of ether oxygens (including phenoxy) is 1. The summed E-state index contributed by atoms with van der Waals surface area (Å²) in [5, 5.41) is 11.0. The fourth-order valence-electron chi connectivity index (χ4n) is 0.950. The number of aliphatic carboxylic acids is 1. The van der Waals surface area contributed by atoms with Crippen LogP contribution < -0.4 is 5.32 Å². The van der Waals surface area contributed by atoms with Gasteiger partial charge in [0.05, 0.1) is 0 Å². The van der Waals surface area contributed by atoms with Crippen LogP contribution in [-0.4, -0.2) is 36.2 Å². The average molecular weight is 203 g/mol. The second-order valence-electron chi connectivity index (χ2n) is 2.99. The predicted molar refractivity (Wildman–Crippen MR) is 51.0 cm³/mol. The molecule has 0 radical (unpaired) electrons. The first-order chi connectivity index (χ1) is 6.57. The fourth-order valence-corrected chi connectivity index (χ4v) is 0.950. The van der Waals surface area contributed by atoms with Crippen LogP contribution in [0.4, 0.5) is 0 Å². The summed E-state index contributed by atoms with van der Waals surface area (Å²) >= 11 is 0. The molecule has 5 nitrogen and oxygen atoms in total. The molecule has 0 saturated heterocycles. The first-order valence-corrected chi connectivity index (χ1v) is 4.65. The molecule has 0 aliphatic rings. The minimum absolute atomic E-state index is 0.301. The second kappa shape index (κ2) is 7.32. The van der Waals surface area contributed by atoms with Crippen LogP contribution in [0.3, 0.4) is 0 Å². The van der Waals surface area contributed by atoms with Crippen LogP contribution in [0.1, 0.15) is 26.7 Å². The van der Waals surface area contributed by atoms with Crippen molar-refractivity contribution in [2.75, 3.05) is 13.2 Å². The van der Waals surface area contributed by atoms with E-state index >= 15 is 0 Å². The second-order valence-corrected chi connectivity index (χ2v) is 2.99. The number of hydrogen-bond donors (Lipinski definition) is 2. The first-order valence-electron chi connectivity index (χ1n) is 4.65. The van der Waals surface area contributed by atoms with E-state index in [0.29, 0.717) is 19.6 Å². The lowest BCUT2D eigenvalue weighted by Gasteiger charge is -2.12. The minimum atomic E-state index is -1.03. The molecule has 0 aromatic heterocycles. The maximum absolute atomic E-state index is 10.6. The van der Waals surface area contributed by atoms with Gasteiger partial charge in [-0.05, 0) is 6.42 Å². The Morgan fingerprint density at radius 2 is 2.07 bits per heavy atom. The Kier molecular flexibility index (Phi) is 6.74. The molecule has 82 valence electrons. The highest BCUT2D eigenvalue weighted by molar-refractivity contribution is 5.81. The molecule has 1 atom stereocenters. The predicted octanol–water partition coefficient (Wildman–Crippen LogP) is 0.392. The Balaban J connectivity index is 3.74. The quantitative estimate of drug-likeness (QED) is 0.587. The number of carbonyl (C=O) groups is 2. The van der Waals surface area contributed by atoms with Crippen LogP contribution in [0, 0.1) is 0 Å². The number of hydrogen-bond acceptors (Lipinski definition) is 3. The van der Waals surface area contributed by atoms with E-state index in [0.717, 1.165) is 6.42 Å². The maximum atomic E-state index is 10.6. The van der Waals surface area contributed by atoms with Crippen molar-refractivity contribution in [3.05, 3.63) is 0 Å². The Labute approximate surface area is 83.4 Å². The Morgan fingerprint density at radius 3 is 2.50 bits per heavy atom. The molecule has 0 fully saturated rings. The standard InChI is InChI=1S/C9H17NO4/c1-3-5-14-6-4-8(9(12)13)10-7(2)11/h8H,3-6H2,1-2H3,(H,10,11)(H,12,13). The van der Waals surface area contributed by atoms with Gasteiger partial charge in [0.25, 0.3) is 0 Å². The summed E-state index contributed by atoms with van der Waals surface area (Å²) in [5.41, 5.74) is 0. The molecule has 0 spiro atoms. The highest BCUT2D eigenvalue weighted by Gasteiger charge is 2.17. The highest BCUT2D eigenvalue weighted by Crippen LogP contribution is 1.94. The van der Waals surface area contributed by atoms with E-state index in [1.54, 1.807) is 0 Å². The van der Waals surface area contributed by atoms with E-state index in [1.807, 2.05) is 6.92 Å². The van der Waals surface area contributed by atoms with E-state index in [9.17, 15) is 9.59 Å². The number of amides is 1. The SMILES string of the molecule is CCCOCCC(NC(C)=O)C(=O)O. The molecule has 0 bridgehead atoms. The molecule has 0 rings (SSSR count). The van der Waals surface area contributed by atoms with Crippen LogP contribution in [0.25, 0.3) is 0 Å². The van der Waals surface area contributed by atoms with Gasteiger partial charge < -0.3 is 15.2 Å². The van der Waals surface area contributed by atoms with Crippen molar-refractivity contribution in [3.8, 4) is 0 Å². The van der Waals surface area contributed by atoms with Crippen LogP contribution in [0.5, 0.6) is 0 Å². The highest BCUT2D eigenvalue weighted by atomic mass is 16.5. The van der Waals surface area contributed by atoms with E-state index in [2.05, 4.69) is 5.32 Å². The molecule has 0 aliphatic carbocycles. The van der Waals surface area contributed by atoms with Crippen molar-refractivity contribution in [2.45, 2.75) is 32.7 Å². The zero-order valence-corrected chi connectivity index (χ0v) is 8.58. The van der Waals surface area contributed by atoms with E-state index in [1.165, 1.54) is 6.92 Å². The third-order valence-corrected chi connectivity index (χ3v) is 1.57. The van der Waals surface area contributed by atoms with Crippen molar-refractivity contribution in [1.82, 2.24) is 5.32 Å². The molecule has 2 N–H and O–H groups in total. The lowest BCUT2D eigenvalue weighted by molar-refractivity contribution is -0.142. The van der Waals surface area contributed by atoms with E-state index < -0.39 is 12.0 Å². The third-order valence-electron chi connectivity index (χ3n) is 1.57. The van der Waals surface area contributed by atoms with Crippen LogP contribution in [0.2, 0.25) is 0 Å². The molecule has 0 aliphatic heterocycles. The smallest absolute Gasteiger partial charge is 0.326 e. The number of carbonyl (C=O) groups excluding carboxylic acids is 1. The molecule has 14 heavy (non-hydrogen) atoms. The van der Waals surface area contributed by atoms with Gasteiger partial charge in [-0.1, -0.05) is 6.92 Å². The summed E-state index contributed by atoms with van der Waals surface area (Å²) < 4.78 is 5.13. The molecule has 1 unspecified atom stereocenters. The van der Waals surface area contributed by atoms with Gasteiger partial charge in [-0.2, -0.15) is 0 Å². The summed E-state index contributed by atoms with van der Waals surface area (Å²) in [6.45, 7) is 4.24. The number of carboxylic acid groups (broad SMARTS) is 1. The minimum Gasteiger partial charge on any atom is -0.480 e. The summed E-state index contributed by atoms with van der Waals surface area (Å²) in [5.74, 6) is -1.37. The number of rotatable bonds is 7. The molecule has 1 amide bonds. The van der Waals surface area contributed by atoms with Crippen LogP contribution in [-0.2, 0) is 14.3 Å². The molecular formula is C9H17NO4. The summed E-state index contributed by atoms with van der Waals surface area (Å²) in [6, 6.07) is -0.843. The summed E-state index contributed by atoms with van der Waals surface area (Å²) in [7, 11) is 0. The normalized spacial score (nSPS) is 12.1. The van der Waals surface area contributed by atoms with E-state index in [4.69, 9.17) is 9.84 Å². The molecule has 0 saturated carbocycles. The largest absolute Gasteiger partial charge is 0.480 e. The van der Waals surface area contributed by atoms with Gasteiger partial charge in [-0.15, -0.1) is 0 Å². The average Bonchev–Trinajstić information content (AvgIpc) is 2.09. The molecule has 0 aromatic carbocycles. The van der Waals surface area contributed by atoms with Gasteiger partial charge in [-0.25, -0.2) is 4.79 Å². The van der Waals surface area contributed by atoms with Gasteiger partial charge >= 0.3 is 5.97 Å². The molecule has 0 heterocycles. The van der Waals surface area contributed by atoms with Crippen molar-refractivity contribution in [1.29, 1.82) is 0 Å². The first kappa shape index (κ1) is 12.9. The molecule has 0 aromatic rings. The fraction of sp³-hybridized carbons (Fsp3) is 0.778. The third kappa shape index (κ3) is 6.42. The lowest BCUT2D eigenvalue weighted by Crippen LogP contribution is -2.40. The van der Waals surface area contributed by atoms with E-state index in [-0.39, 0.29) is 5.91 Å². The summed E-state index contributed by atoms with van der Waals surface area (Å²) in [4.78, 5) is 21.3. The Hall–Kier alpha value is -1.10. The number of carboxylic acids is 1. The van der Waals surface area contributed by atoms with Gasteiger partial charge in [0, 0.05) is 26.6 Å². The van der Waals surface area contributed by atoms with Gasteiger partial charge in [-0.3, -0.25) is 4.79 Å². The monoisotopic (exact) mass is 203 g/mol. The van der Waals surface area contributed by atoms with Gasteiger partial charge in [0.2, 0.25) is 5.91 Å². The van der Waals surface area contributed by atoms with Crippen LogP contribution >= 0.6 is 0 Å². The lowest BCUT2D eigenvalue weighted by atomic mass is 10.2. The Morgan fingerprint density at radius 1 is 1.43 bits per heavy atom. The van der Waals surface area contributed by atoms with Crippen LogP contribution in [0.15, 0.2) is 0 Å². The van der Waals surface area contributed by atoms with Crippen molar-refractivity contribution in [3.63, 3.8) is 0 Å².